The Morgan fingerprint density at radius 3 is 2.70 bits per heavy atom. The van der Waals surface area contributed by atoms with Gasteiger partial charge in [-0.2, -0.15) is 0 Å². The van der Waals surface area contributed by atoms with Gasteiger partial charge >= 0.3 is 11.7 Å². The number of nitro benzene ring substituents is 1. The standard InChI is InChI=1S/C12H11BrN4O3/c1-14-5-8-6-15-12(16-7-8)20-11-3-2-9(13)4-10(11)17(18)19/h2-4,6-7,14H,5H2,1H3. The Morgan fingerprint density at radius 1 is 1.40 bits per heavy atom. The van der Waals surface area contributed by atoms with Gasteiger partial charge in [0.2, 0.25) is 5.75 Å². The molecule has 0 amide bonds. The Morgan fingerprint density at radius 2 is 2.10 bits per heavy atom. The maximum Gasteiger partial charge on any atom is 0.322 e. The molecule has 0 bridgehead atoms. The summed E-state index contributed by atoms with van der Waals surface area (Å²) in [5.74, 6) is 0.0968. The van der Waals surface area contributed by atoms with Crippen LogP contribution in [0.15, 0.2) is 35.1 Å². The molecule has 0 spiro atoms. The van der Waals surface area contributed by atoms with Crippen molar-refractivity contribution < 1.29 is 9.66 Å². The first-order valence-electron chi connectivity index (χ1n) is 5.67. The predicted octanol–water partition coefficient (Wildman–Crippen LogP) is 2.66. The second-order valence-corrected chi connectivity index (χ2v) is 4.79. The summed E-state index contributed by atoms with van der Waals surface area (Å²) in [6, 6.07) is 4.57. The van der Waals surface area contributed by atoms with Gasteiger partial charge in [0, 0.05) is 35.0 Å². The number of halogens is 1. The van der Waals surface area contributed by atoms with Gasteiger partial charge in [-0.15, -0.1) is 0 Å². The van der Waals surface area contributed by atoms with Crippen LogP contribution in [0.2, 0.25) is 0 Å². The van der Waals surface area contributed by atoms with E-state index in [9.17, 15) is 10.1 Å². The fraction of sp³-hybridized carbons (Fsp3) is 0.167. The van der Waals surface area contributed by atoms with Gasteiger partial charge < -0.3 is 10.1 Å². The molecule has 0 atom stereocenters. The lowest BCUT2D eigenvalue weighted by Gasteiger charge is -2.05. The van der Waals surface area contributed by atoms with E-state index >= 15 is 0 Å². The van der Waals surface area contributed by atoms with Gasteiger partial charge in [0.1, 0.15) is 0 Å². The van der Waals surface area contributed by atoms with E-state index in [-0.39, 0.29) is 17.4 Å². The summed E-state index contributed by atoms with van der Waals surface area (Å²) in [5, 5.41) is 13.9. The number of nitrogens with zero attached hydrogens (tertiary/aromatic N) is 3. The second-order valence-electron chi connectivity index (χ2n) is 3.88. The molecule has 0 radical (unpaired) electrons. The first-order valence-corrected chi connectivity index (χ1v) is 6.47. The number of aromatic nitrogens is 2. The average Bonchev–Trinajstić information content (AvgIpc) is 2.43. The maximum absolute atomic E-state index is 11.0. The van der Waals surface area contributed by atoms with Crippen LogP contribution in [0.4, 0.5) is 5.69 Å². The molecule has 0 saturated heterocycles. The fourth-order valence-electron chi connectivity index (χ4n) is 1.51. The molecule has 0 unspecified atom stereocenters. The summed E-state index contributed by atoms with van der Waals surface area (Å²) in [6.07, 6.45) is 3.20. The molecule has 0 aliphatic carbocycles. The van der Waals surface area contributed by atoms with Crippen LogP contribution in [-0.4, -0.2) is 21.9 Å². The van der Waals surface area contributed by atoms with Crippen LogP contribution < -0.4 is 10.1 Å². The van der Waals surface area contributed by atoms with E-state index in [1.807, 2.05) is 7.05 Å². The zero-order valence-corrected chi connectivity index (χ0v) is 12.1. The lowest BCUT2D eigenvalue weighted by Crippen LogP contribution is -2.06. The van der Waals surface area contributed by atoms with E-state index in [0.29, 0.717) is 11.0 Å². The molecular formula is C12H11BrN4O3. The molecule has 1 aromatic carbocycles. The molecule has 0 saturated carbocycles. The highest BCUT2D eigenvalue weighted by atomic mass is 79.9. The van der Waals surface area contributed by atoms with E-state index in [4.69, 9.17) is 4.74 Å². The highest BCUT2D eigenvalue weighted by molar-refractivity contribution is 9.10. The third-order valence-electron chi connectivity index (χ3n) is 2.38. The Hall–Kier alpha value is -2.06. The van der Waals surface area contributed by atoms with Gasteiger partial charge in [0.15, 0.2) is 0 Å². The lowest BCUT2D eigenvalue weighted by molar-refractivity contribution is -0.385. The smallest absolute Gasteiger partial charge is 0.322 e. The normalized spacial score (nSPS) is 10.3. The summed E-state index contributed by atoms with van der Waals surface area (Å²) in [4.78, 5) is 18.5. The average molecular weight is 339 g/mol. The summed E-state index contributed by atoms with van der Waals surface area (Å²) in [5.41, 5.74) is 0.743. The van der Waals surface area contributed by atoms with Crippen molar-refractivity contribution in [1.29, 1.82) is 0 Å². The second kappa shape index (κ2) is 6.40. The van der Waals surface area contributed by atoms with E-state index < -0.39 is 4.92 Å². The number of rotatable bonds is 5. The SMILES string of the molecule is CNCc1cnc(Oc2ccc(Br)cc2[N+](=O)[O-])nc1. The van der Waals surface area contributed by atoms with Gasteiger partial charge in [0.25, 0.3) is 0 Å². The molecule has 2 aromatic rings. The highest BCUT2D eigenvalue weighted by Gasteiger charge is 2.17. The molecule has 1 N–H and O–H groups in total. The molecule has 8 heteroatoms. The minimum absolute atomic E-state index is 0.0651. The van der Waals surface area contributed by atoms with Crippen molar-refractivity contribution in [3.05, 3.63) is 50.7 Å². The number of nitrogens with one attached hydrogen (secondary N) is 1. The van der Waals surface area contributed by atoms with E-state index in [2.05, 4.69) is 31.2 Å². The fourth-order valence-corrected chi connectivity index (χ4v) is 1.86. The maximum atomic E-state index is 11.0. The predicted molar refractivity (Wildman–Crippen MR) is 75.7 cm³/mol. The van der Waals surface area contributed by atoms with Gasteiger partial charge in [-0.05, 0) is 19.2 Å². The van der Waals surface area contributed by atoms with Gasteiger partial charge in [0.05, 0.1) is 4.92 Å². The van der Waals surface area contributed by atoms with Crippen molar-refractivity contribution in [2.75, 3.05) is 7.05 Å². The number of benzene rings is 1. The van der Waals surface area contributed by atoms with Crippen LogP contribution in [0, 0.1) is 10.1 Å². The third kappa shape index (κ3) is 3.49. The summed E-state index contributed by atoms with van der Waals surface area (Å²) in [7, 11) is 1.82. The molecular weight excluding hydrogens is 328 g/mol. The molecule has 1 aromatic heterocycles. The third-order valence-corrected chi connectivity index (χ3v) is 2.87. The van der Waals surface area contributed by atoms with Crippen LogP contribution in [-0.2, 0) is 6.54 Å². The minimum atomic E-state index is -0.518. The largest absolute Gasteiger partial charge is 0.417 e. The summed E-state index contributed by atoms with van der Waals surface area (Å²) < 4.78 is 5.95. The quantitative estimate of drug-likeness (QED) is 0.665. The van der Waals surface area contributed by atoms with Crippen molar-refractivity contribution in [3.8, 4) is 11.8 Å². The van der Waals surface area contributed by atoms with Crippen LogP contribution in [0.3, 0.4) is 0 Å². The monoisotopic (exact) mass is 338 g/mol. The number of nitro groups is 1. The minimum Gasteiger partial charge on any atom is -0.417 e. The van der Waals surface area contributed by atoms with Crippen molar-refractivity contribution in [1.82, 2.24) is 15.3 Å². The van der Waals surface area contributed by atoms with Crippen molar-refractivity contribution in [3.63, 3.8) is 0 Å². The van der Waals surface area contributed by atoms with Crippen LogP contribution in [0.25, 0.3) is 0 Å². The zero-order chi connectivity index (χ0) is 14.5. The number of hydrogen-bond donors (Lipinski definition) is 1. The molecule has 104 valence electrons. The van der Waals surface area contributed by atoms with E-state index in [1.54, 1.807) is 18.5 Å². The molecule has 1 heterocycles. The van der Waals surface area contributed by atoms with E-state index in [1.165, 1.54) is 12.1 Å². The Bertz CT molecular complexity index is 619. The van der Waals surface area contributed by atoms with Crippen LogP contribution in [0.5, 0.6) is 11.8 Å². The molecule has 0 aliphatic heterocycles. The van der Waals surface area contributed by atoms with Crippen molar-refractivity contribution >= 4 is 21.6 Å². The van der Waals surface area contributed by atoms with Crippen molar-refractivity contribution in [2.24, 2.45) is 0 Å². The van der Waals surface area contributed by atoms with Gasteiger partial charge in [-0.25, -0.2) is 9.97 Å². The molecule has 7 nitrogen and oxygen atoms in total. The summed E-state index contributed by atoms with van der Waals surface area (Å²) >= 11 is 3.18. The van der Waals surface area contributed by atoms with Crippen LogP contribution >= 0.6 is 15.9 Å². The number of hydrogen-bond acceptors (Lipinski definition) is 6. The Labute approximate surface area is 123 Å². The topological polar surface area (TPSA) is 90.2 Å². The summed E-state index contributed by atoms with van der Waals surface area (Å²) in [6.45, 7) is 0.638. The zero-order valence-electron chi connectivity index (χ0n) is 10.5. The first-order chi connectivity index (χ1) is 9.60. The van der Waals surface area contributed by atoms with Gasteiger partial charge in [-0.3, -0.25) is 10.1 Å². The Kier molecular flexibility index (Phi) is 4.59. The Balaban J connectivity index is 2.23. The molecule has 0 fully saturated rings. The van der Waals surface area contributed by atoms with E-state index in [0.717, 1.165) is 5.56 Å². The van der Waals surface area contributed by atoms with Crippen molar-refractivity contribution in [2.45, 2.75) is 6.54 Å². The van der Waals surface area contributed by atoms with Crippen LogP contribution in [0.1, 0.15) is 5.56 Å². The first kappa shape index (κ1) is 14.4. The molecule has 20 heavy (non-hydrogen) atoms. The molecule has 0 aliphatic rings. The highest BCUT2D eigenvalue weighted by Crippen LogP contribution is 2.32. The lowest BCUT2D eigenvalue weighted by atomic mass is 10.3. The number of ether oxygens (including phenoxy) is 1. The molecule has 2 rings (SSSR count). The van der Waals surface area contributed by atoms with Gasteiger partial charge in [-0.1, -0.05) is 15.9 Å².